The van der Waals surface area contributed by atoms with E-state index in [9.17, 15) is 15.0 Å². The second-order valence-electron chi connectivity index (χ2n) is 6.72. The molecule has 136 valence electrons. The number of hydrogen-bond donors (Lipinski definition) is 4. The molecule has 0 saturated heterocycles. The normalized spacial score (nSPS) is 27.2. The molecule has 0 aromatic rings. The van der Waals surface area contributed by atoms with Crippen LogP contribution >= 0.6 is 0 Å². The molecule has 0 aliphatic heterocycles. The standard InChI is InChI=1S/C18H29NO5/c1-2-3-4-5-13(20)7-6-12-10-14-15(18(12)23)11-16(14)19-24-9-8-17(21)22/h6-7,12-13,15,18-20,23H,2-5,8-11H2,1H3,(H,21,22)/t12?,13?,15-,18?/m1/s1. The number of carboxylic acid groups (broad SMARTS) is 1. The van der Waals surface area contributed by atoms with Crippen molar-refractivity contribution in [3.05, 3.63) is 23.4 Å². The molecule has 2 aliphatic rings. The lowest BCUT2D eigenvalue weighted by Crippen LogP contribution is -2.32. The maximum absolute atomic E-state index is 10.4. The molecule has 24 heavy (non-hydrogen) atoms. The van der Waals surface area contributed by atoms with E-state index in [0.29, 0.717) is 0 Å². The highest BCUT2D eigenvalue weighted by Gasteiger charge is 2.45. The maximum Gasteiger partial charge on any atom is 0.305 e. The van der Waals surface area contributed by atoms with Gasteiger partial charge in [-0.3, -0.25) is 15.1 Å². The second-order valence-corrected chi connectivity index (χ2v) is 6.72. The Labute approximate surface area is 143 Å². The Morgan fingerprint density at radius 3 is 2.92 bits per heavy atom. The fourth-order valence-electron chi connectivity index (χ4n) is 3.38. The highest BCUT2D eigenvalue weighted by molar-refractivity contribution is 5.66. The van der Waals surface area contributed by atoms with Gasteiger partial charge in [-0.2, -0.15) is 0 Å². The lowest BCUT2D eigenvalue weighted by molar-refractivity contribution is -0.138. The van der Waals surface area contributed by atoms with Gasteiger partial charge in [0, 0.05) is 17.5 Å². The summed E-state index contributed by atoms with van der Waals surface area (Å²) >= 11 is 0. The van der Waals surface area contributed by atoms with Crippen LogP contribution in [0.2, 0.25) is 0 Å². The van der Waals surface area contributed by atoms with Gasteiger partial charge in [0.1, 0.15) is 0 Å². The molecule has 3 unspecified atom stereocenters. The van der Waals surface area contributed by atoms with Crippen LogP contribution in [0.25, 0.3) is 0 Å². The lowest BCUT2D eigenvalue weighted by atomic mass is 9.83. The number of hydroxylamine groups is 1. The number of rotatable bonds is 11. The van der Waals surface area contributed by atoms with Crippen LogP contribution in [0.5, 0.6) is 0 Å². The zero-order valence-electron chi connectivity index (χ0n) is 14.3. The molecule has 4 atom stereocenters. The summed E-state index contributed by atoms with van der Waals surface area (Å²) in [5.74, 6) is -0.702. The minimum Gasteiger partial charge on any atom is -0.481 e. The smallest absolute Gasteiger partial charge is 0.305 e. The van der Waals surface area contributed by atoms with Crippen molar-refractivity contribution in [2.24, 2.45) is 11.8 Å². The second kappa shape index (κ2) is 9.20. The number of fused-ring (bicyclic) bond motifs is 1. The largest absolute Gasteiger partial charge is 0.481 e. The third-order valence-electron chi connectivity index (χ3n) is 4.86. The first-order valence-corrected chi connectivity index (χ1v) is 8.88. The Hall–Kier alpha value is -1.37. The van der Waals surface area contributed by atoms with E-state index >= 15 is 0 Å². The third kappa shape index (κ3) is 5.06. The summed E-state index contributed by atoms with van der Waals surface area (Å²) in [4.78, 5) is 15.6. The summed E-state index contributed by atoms with van der Waals surface area (Å²) in [6, 6.07) is 0. The van der Waals surface area contributed by atoms with Crippen molar-refractivity contribution in [2.45, 2.75) is 64.1 Å². The summed E-state index contributed by atoms with van der Waals surface area (Å²) < 4.78 is 0. The van der Waals surface area contributed by atoms with Crippen LogP contribution in [-0.2, 0) is 9.63 Å². The third-order valence-corrected chi connectivity index (χ3v) is 4.86. The number of carbonyl (C=O) groups is 1. The van der Waals surface area contributed by atoms with Crippen LogP contribution in [0.15, 0.2) is 23.4 Å². The van der Waals surface area contributed by atoms with E-state index in [1.807, 2.05) is 12.2 Å². The van der Waals surface area contributed by atoms with E-state index < -0.39 is 18.2 Å². The van der Waals surface area contributed by atoms with Crippen LogP contribution in [0.4, 0.5) is 0 Å². The minimum absolute atomic E-state index is 0.0316. The summed E-state index contributed by atoms with van der Waals surface area (Å²) in [6.07, 6.45) is 8.40. The number of nitrogens with one attached hydrogen (secondary N) is 1. The maximum atomic E-state index is 10.4. The minimum atomic E-state index is -0.889. The zero-order chi connectivity index (χ0) is 17.5. The van der Waals surface area contributed by atoms with Gasteiger partial charge in [-0.15, -0.1) is 0 Å². The quantitative estimate of drug-likeness (QED) is 0.261. The van der Waals surface area contributed by atoms with E-state index in [-0.39, 0.29) is 24.9 Å². The van der Waals surface area contributed by atoms with E-state index in [1.165, 1.54) is 0 Å². The number of aliphatic hydroxyl groups excluding tert-OH is 2. The van der Waals surface area contributed by atoms with Gasteiger partial charge in [0.2, 0.25) is 0 Å². The number of hydrogen-bond acceptors (Lipinski definition) is 5. The number of unbranched alkanes of at least 4 members (excludes halogenated alkanes) is 2. The zero-order valence-corrected chi connectivity index (χ0v) is 14.3. The number of allylic oxidation sites excluding steroid dienone is 1. The van der Waals surface area contributed by atoms with Crippen molar-refractivity contribution in [3.63, 3.8) is 0 Å². The first-order chi connectivity index (χ1) is 11.5. The first-order valence-electron chi connectivity index (χ1n) is 8.88. The number of aliphatic hydroxyl groups is 2. The van der Waals surface area contributed by atoms with Gasteiger partial charge in [0.05, 0.1) is 25.2 Å². The van der Waals surface area contributed by atoms with Crippen LogP contribution in [-0.4, -0.2) is 40.1 Å². The Morgan fingerprint density at radius 1 is 1.42 bits per heavy atom. The highest BCUT2D eigenvalue weighted by atomic mass is 16.6. The molecule has 0 aromatic heterocycles. The molecule has 6 nitrogen and oxygen atoms in total. The van der Waals surface area contributed by atoms with Crippen molar-refractivity contribution in [3.8, 4) is 0 Å². The first kappa shape index (κ1) is 19.0. The average Bonchev–Trinajstić information content (AvgIpc) is 2.76. The molecular weight excluding hydrogens is 310 g/mol. The molecular formula is C18H29NO5. The highest BCUT2D eigenvalue weighted by Crippen LogP contribution is 2.48. The average molecular weight is 339 g/mol. The topological polar surface area (TPSA) is 99.0 Å². The number of aliphatic carboxylic acids is 1. The van der Waals surface area contributed by atoms with Gasteiger partial charge in [0.15, 0.2) is 0 Å². The summed E-state index contributed by atoms with van der Waals surface area (Å²) in [7, 11) is 0. The van der Waals surface area contributed by atoms with Crippen LogP contribution in [0, 0.1) is 11.8 Å². The summed E-state index contributed by atoms with van der Waals surface area (Å²) in [6.45, 7) is 2.25. The molecule has 0 amide bonds. The Balaban J connectivity index is 1.77. The van der Waals surface area contributed by atoms with Gasteiger partial charge in [-0.1, -0.05) is 38.3 Å². The Morgan fingerprint density at radius 2 is 2.21 bits per heavy atom. The van der Waals surface area contributed by atoms with Crippen molar-refractivity contribution in [1.29, 1.82) is 0 Å². The van der Waals surface area contributed by atoms with Crippen molar-refractivity contribution < 1.29 is 25.0 Å². The molecule has 2 aliphatic carbocycles. The van der Waals surface area contributed by atoms with Gasteiger partial charge < -0.3 is 15.3 Å². The van der Waals surface area contributed by atoms with Crippen LogP contribution in [0.3, 0.4) is 0 Å². The predicted octanol–water partition coefficient (Wildman–Crippen LogP) is 2.13. The Bertz CT molecular complexity index is 488. The molecule has 2 rings (SSSR count). The van der Waals surface area contributed by atoms with Crippen LogP contribution in [0.1, 0.15) is 51.9 Å². The van der Waals surface area contributed by atoms with Crippen molar-refractivity contribution in [1.82, 2.24) is 5.48 Å². The summed E-state index contributed by atoms with van der Waals surface area (Å²) in [5.41, 5.74) is 4.94. The lowest BCUT2D eigenvalue weighted by Gasteiger charge is -2.30. The van der Waals surface area contributed by atoms with Gasteiger partial charge in [-0.25, -0.2) is 0 Å². The SMILES string of the molecule is CCCCCC(O)C=CC1CC2=C(NOCCC(=O)O)C[C@H]2C1O. The predicted molar refractivity (Wildman–Crippen MR) is 89.9 cm³/mol. The van der Waals surface area contributed by atoms with Crippen molar-refractivity contribution in [2.75, 3.05) is 6.61 Å². The molecule has 1 saturated carbocycles. The monoisotopic (exact) mass is 339 g/mol. The van der Waals surface area contributed by atoms with E-state index in [0.717, 1.165) is 49.8 Å². The fraction of sp³-hybridized carbons (Fsp3) is 0.722. The van der Waals surface area contributed by atoms with Crippen LogP contribution < -0.4 is 5.48 Å². The molecule has 0 aromatic carbocycles. The Kier molecular flexibility index (Phi) is 7.27. The molecule has 0 bridgehead atoms. The van der Waals surface area contributed by atoms with Gasteiger partial charge >= 0.3 is 5.97 Å². The van der Waals surface area contributed by atoms with Crippen molar-refractivity contribution >= 4 is 5.97 Å². The molecule has 1 fully saturated rings. The molecule has 0 spiro atoms. The summed E-state index contributed by atoms with van der Waals surface area (Å²) in [5, 5.41) is 28.9. The number of carboxylic acids is 1. The molecule has 0 heterocycles. The van der Waals surface area contributed by atoms with E-state index in [1.54, 1.807) is 0 Å². The molecule has 0 radical (unpaired) electrons. The fourth-order valence-corrected chi connectivity index (χ4v) is 3.38. The molecule has 4 N–H and O–H groups in total. The van der Waals surface area contributed by atoms with Gasteiger partial charge in [0.25, 0.3) is 0 Å². The van der Waals surface area contributed by atoms with Gasteiger partial charge in [-0.05, 0) is 24.8 Å². The van der Waals surface area contributed by atoms with E-state index in [4.69, 9.17) is 9.94 Å². The van der Waals surface area contributed by atoms with E-state index in [2.05, 4.69) is 12.4 Å². The molecule has 6 heteroatoms.